The maximum atomic E-state index is 11.3. The summed E-state index contributed by atoms with van der Waals surface area (Å²) in [7, 11) is 0. The summed E-state index contributed by atoms with van der Waals surface area (Å²) in [4.78, 5) is 11.3. The van der Waals surface area contributed by atoms with Crippen LogP contribution in [0.5, 0.6) is 5.75 Å². The summed E-state index contributed by atoms with van der Waals surface area (Å²) in [6, 6.07) is 16.0. The molecule has 1 N–H and O–H groups in total. The Bertz CT molecular complexity index is 540. The molecule has 92 valence electrons. The Morgan fingerprint density at radius 1 is 1.06 bits per heavy atom. The number of aliphatic carboxylic acids is 1. The summed E-state index contributed by atoms with van der Waals surface area (Å²) >= 11 is 3.33. The van der Waals surface area contributed by atoms with E-state index in [2.05, 4.69) is 15.9 Å². The molecule has 0 amide bonds. The van der Waals surface area contributed by atoms with Crippen LogP contribution in [0.2, 0.25) is 0 Å². The molecule has 0 fully saturated rings. The second-order valence-electron chi connectivity index (χ2n) is 3.68. The van der Waals surface area contributed by atoms with Gasteiger partial charge in [-0.3, -0.25) is 0 Å². The molecule has 2 aromatic carbocycles. The van der Waals surface area contributed by atoms with Crippen LogP contribution in [-0.4, -0.2) is 11.1 Å². The SMILES string of the molecule is O=C(O)[C@@H](Oc1ccccc1Br)c1ccccc1. The zero-order valence-corrected chi connectivity index (χ0v) is 11.0. The lowest BCUT2D eigenvalue weighted by atomic mass is 10.1. The quantitative estimate of drug-likeness (QED) is 0.938. The first-order valence-corrected chi connectivity index (χ1v) is 6.16. The monoisotopic (exact) mass is 306 g/mol. The fourth-order valence-electron chi connectivity index (χ4n) is 1.56. The first-order valence-electron chi connectivity index (χ1n) is 5.37. The van der Waals surface area contributed by atoms with Gasteiger partial charge in [0.15, 0.2) is 0 Å². The fourth-order valence-corrected chi connectivity index (χ4v) is 1.93. The summed E-state index contributed by atoms with van der Waals surface area (Å²) in [6.07, 6.45) is -1.01. The predicted octanol–water partition coefficient (Wildman–Crippen LogP) is 3.65. The number of carboxylic acid groups (broad SMARTS) is 1. The van der Waals surface area contributed by atoms with Crippen molar-refractivity contribution in [3.8, 4) is 5.75 Å². The van der Waals surface area contributed by atoms with E-state index in [1.807, 2.05) is 12.1 Å². The van der Waals surface area contributed by atoms with Crippen molar-refractivity contribution in [2.75, 3.05) is 0 Å². The second kappa shape index (κ2) is 5.69. The molecule has 18 heavy (non-hydrogen) atoms. The molecule has 0 aliphatic rings. The number of hydrogen-bond donors (Lipinski definition) is 1. The van der Waals surface area contributed by atoms with Gasteiger partial charge in [-0.15, -0.1) is 0 Å². The Kier molecular flexibility index (Phi) is 3.99. The molecule has 0 saturated heterocycles. The van der Waals surface area contributed by atoms with Crippen LogP contribution in [0.1, 0.15) is 11.7 Å². The van der Waals surface area contributed by atoms with Crippen LogP contribution in [0.25, 0.3) is 0 Å². The van der Waals surface area contributed by atoms with Gasteiger partial charge in [0.25, 0.3) is 0 Å². The topological polar surface area (TPSA) is 46.5 Å². The standard InChI is InChI=1S/C14H11BrO3/c15-11-8-4-5-9-12(11)18-13(14(16)17)10-6-2-1-3-7-10/h1-9,13H,(H,16,17)/t13-/m0/s1. The van der Waals surface area contributed by atoms with Crippen molar-refractivity contribution < 1.29 is 14.6 Å². The Morgan fingerprint density at radius 3 is 2.28 bits per heavy atom. The van der Waals surface area contributed by atoms with Crippen LogP contribution in [0.15, 0.2) is 59.1 Å². The van der Waals surface area contributed by atoms with Gasteiger partial charge in [0.1, 0.15) is 5.75 Å². The van der Waals surface area contributed by atoms with E-state index in [9.17, 15) is 9.90 Å². The molecule has 1 atom stereocenters. The zero-order chi connectivity index (χ0) is 13.0. The smallest absolute Gasteiger partial charge is 0.349 e. The van der Waals surface area contributed by atoms with Gasteiger partial charge in [0.05, 0.1) is 4.47 Å². The number of benzene rings is 2. The number of para-hydroxylation sites is 1. The van der Waals surface area contributed by atoms with Gasteiger partial charge >= 0.3 is 5.97 Å². The normalized spacial score (nSPS) is 11.8. The molecule has 0 aliphatic heterocycles. The van der Waals surface area contributed by atoms with Crippen molar-refractivity contribution in [1.29, 1.82) is 0 Å². The van der Waals surface area contributed by atoms with Crippen LogP contribution < -0.4 is 4.74 Å². The molecule has 4 heteroatoms. The highest BCUT2D eigenvalue weighted by Crippen LogP contribution is 2.29. The lowest BCUT2D eigenvalue weighted by Crippen LogP contribution is -2.18. The molecule has 0 bridgehead atoms. The van der Waals surface area contributed by atoms with Gasteiger partial charge in [0.2, 0.25) is 6.10 Å². The van der Waals surface area contributed by atoms with Gasteiger partial charge in [-0.05, 0) is 28.1 Å². The van der Waals surface area contributed by atoms with Crippen molar-refractivity contribution >= 4 is 21.9 Å². The molecule has 0 heterocycles. The number of rotatable bonds is 4. The zero-order valence-electron chi connectivity index (χ0n) is 9.42. The minimum Gasteiger partial charge on any atom is -0.478 e. The van der Waals surface area contributed by atoms with Crippen molar-refractivity contribution in [1.82, 2.24) is 0 Å². The highest BCUT2D eigenvalue weighted by Gasteiger charge is 2.22. The third-order valence-electron chi connectivity index (χ3n) is 2.41. The molecule has 3 nitrogen and oxygen atoms in total. The first kappa shape index (κ1) is 12.6. The number of carboxylic acids is 1. The van der Waals surface area contributed by atoms with Crippen molar-refractivity contribution in [2.45, 2.75) is 6.10 Å². The van der Waals surface area contributed by atoms with Crippen LogP contribution >= 0.6 is 15.9 Å². The molecule has 0 unspecified atom stereocenters. The van der Waals surface area contributed by atoms with Gasteiger partial charge in [-0.25, -0.2) is 4.79 Å². The third kappa shape index (κ3) is 2.90. The molecule has 2 rings (SSSR count). The lowest BCUT2D eigenvalue weighted by molar-refractivity contribution is -0.145. The van der Waals surface area contributed by atoms with Crippen molar-refractivity contribution in [3.63, 3.8) is 0 Å². The Labute approximate surface area is 113 Å². The fraction of sp³-hybridized carbons (Fsp3) is 0.0714. The van der Waals surface area contributed by atoms with Crippen LogP contribution in [0, 0.1) is 0 Å². The van der Waals surface area contributed by atoms with Gasteiger partial charge in [-0.2, -0.15) is 0 Å². The summed E-state index contributed by atoms with van der Waals surface area (Å²) in [5.41, 5.74) is 0.612. The van der Waals surface area contributed by atoms with Crippen LogP contribution in [0.3, 0.4) is 0 Å². The minimum atomic E-state index is -1.02. The molecular formula is C14H11BrO3. The lowest BCUT2D eigenvalue weighted by Gasteiger charge is -2.16. The Balaban J connectivity index is 2.28. The van der Waals surface area contributed by atoms with Crippen LogP contribution in [-0.2, 0) is 4.79 Å². The van der Waals surface area contributed by atoms with E-state index >= 15 is 0 Å². The van der Waals surface area contributed by atoms with Gasteiger partial charge in [0, 0.05) is 5.56 Å². The third-order valence-corrected chi connectivity index (χ3v) is 3.06. The molecule has 0 aromatic heterocycles. The van der Waals surface area contributed by atoms with E-state index in [4.69, 9.17) is 4.74 Å². The van der Waals surface area contributed by atoms with E-state index in [0.29, 0.717) is 11.3 Å². The molecule has 0 spiro atoms. The largest absolute Gasteiger partial charge is 0.478 e. The second-order valence-corrected chi connectivity index (χ2v) is 4.53. The number of halogens is 1. The molecular weight excluding hydrogens is 296 g/mol. The van der Waals surface area contributed by atoms with Crippen molar-refractivity contribution in [2.24, 2.45) is 0 Å². The Morgan fingerprint density at radius 2 is 1.67 bits per heavy atom. The maximum absolute atomic E-state index is 11.3. The van der Waals surface area contributed by atoms with E-state index < -0.39 is 12.1 Å². The molecule has 0 radical (unpaired) electrons. The van der Waals surface area contributed by atoms with E-state index in [1.165, 1.54) is 0 Å². The van der Waals surface area contributed by atoms with Gasteiger partial charge in [-0.1, -0.05) is 42.5 Å². The minimum absolute atomic E-state index is 0.508. The van der Waals surface area contributed by atoms with E-state index in [-0.39, 0.29) is 0 Å². The summed E-state index contributed by atoms with van der Waals surface area (Å²) in [5.74, 6) is -0.509. The average molecular weight is 307 g/mol. The molecule has 0 aliphatic carbocycles. The maximum Gasteiger partial charge on any atom is 0.349 e. The molecule has 0 saturated carbocycles. The van der Waals surface area contributed by atoms with E-state index in [1.54, 1.807) is 42.5 Å². The number of hydrogen-bond acceptors (Lipinski definition) is 2. The Hall–Kier alpha value is -1.81. The average Bonchev–Trinajstić information content (AvgIpc) is 2.38. The van der Waals surface area contributed by atoms with Gasteiger partial charge < -0.3 is 9.84 Å². The highest BCUT2D eigenvalue weighted by atomic mass is 79.9. The van der Waals surface area contributed by atoms with Crippen molar-refractivity contribution in [3.05, 3.63) is 64.6 Å². The number of ether oxygens (including phenoxy) is 1. The predicted molar refractivity (Wildman–Crippen MR) is 71.6 cm³/mol. The van der Waals surface area contributed by atoms with Crippen LogP contribution in [0.4, 0.5) is 0 Å². The molecule has 2 aromatic rings. The highest BCUT2D eigenvalue weighted by molar-refractivity contribution is 9.10. The van der Waals surface area contributed by atoms with E-state index in [0.717, 1.165) is 4.47 Å². The number of carbonyl (C=O) groups is 1. The summed E-state index contributed by atoms with van der Waals surface area (Å²) < 4.78 is 6.28. The first-order chi connectivity index (χ1) is 8.68. The summed E-state index contributed by atoms with van der Waals surface area (Å²) in [5, 5.41) is 9.24. The summed E-state index contributed by atoms with van der Waals surface area (Å²) in [6.45, 7) is 0.